The average Bonchev–Trinajstić information content (AvgIpc) is 3.14. The van der Waals surface area contributed by atoms with Gasteiger partial charge in [-0.05, 0) is 18.9 Å². The molecular weight excluding hydrogens is 370 g/mol. The van der Waals surface area contributed by atoms with Crippen LogP contribution in [-0.2, 0) is 16.1 Å². The Labute approximate surface area is 170 Å². The number of benzene rings is 1. The highest BCUT2D eigenvalue weighted by molar-refractivity contribution is 5.89. The second-order valence-electron chi connectivity index (χ2n) is 6.88. The van der Waals surface area contributed by atoms with Gasteiger partial charge in [-0.25, -0.2) is 4.98 Å². The molecule has 1 unspecified atom stereocenters. The van der Waals surface area contributed by atoms with Crippen molar-refractivity contribution in [3.63, 3.8) is 0 Å². The normalized spacial score (nSPS) is 12.2. The van der Waals surface area contributed by atoms with E-state index in [-0.39, 0.29) is 12.0 Å². The van der Waals surface area contributed by atoms with Gasteiger partial charge in [-0.2, -0.15) is 9.78 Å². The van der Waals surface area contributed by atoms with E-state index in [9.17, 15) is 4.79 Å². The number of hydrogen-bond acceptors (Lipinski definition) is 6. The zero-order chi connectivity index (χ0) is 20.5. The van der Waals surface area contributed by atoms with Crippen LogP contribution in [0.15, 0.2) is 48.8 Å². The molecule has 0 N–H and O–H groups in total. The molecule has 0 saturated heterocycles. The van der Waals surface area contributed by atoms with Crippen molar-refractivity contribution in [2.45, 2.75) is 39.4 Å². The van der Waals surface area contributed by atoms with Crippen molar-refractivity contribution in [1.29, 1.82) is 0 Å². The summed E-state index contributed by atoms with van der Waals surface area (Å²) in [7, 11) is 0. The molecule has 2 aromatic heterocycles. The number of fused-ring (bicyclic) bond motifs is 1. The molecule has 7 heteroatoms. The van der Waals surface area contributed by atoms with Crippen LogP contribution in [0.2, 0.25) is 0 Å². The molecule has 3 aromatic rings. The van der Waals surface area contributed by atoms with Crippen molar-refractivity contribution in [2.75, 3.05) is 19.8 Å². The highest BCUT2D eigenvalue weighted by atomic mass is 16.5. The molecule has 0 fully saturated rings. The lowest BCUT2D eigenvalue weighted by molar-refractivity contribution is 0.0632. The lowest BCUT2D eigenvalue weighted by Gasteiger charge is -2.14. The van der Waals surface area contributed by atoms with E-state index < -0.39 is 0 Å². The number of aromatic nitrogens is 3. The first-order valence-electron chi connectivity index (χ1n) is 9.84. The lowest BCUT2D eigenvalue weighted by atomic mass is 10.2. The van der Waals surface area contributed by atoms with Gasteiger partial charge in [0.05, 0.1) is 37.2 Å². The number of hydrogen-bond donors (Lipinski definition) is 0. The second kappa shape index (κ2) is 10.7. The Balaban J connectivity index is 1.29. The molecule has 0 aliphatic carbocycles. The number of carbonyl (C=O) groups excluding carboxylic acids is 1. The van der Waals surface area contributed by atoms with Crippen LogP contribution in [0.25, 0.3) is 10.9 Å². The van der Waals surface area contributed by atoms with Gasteiger partial charge in [0.2, 0.25) is 11.8 Å². The zero-order valence-corrected chi connectivity index (χ0v) is 16.9. The summed E-state index contributed by atoms with van der Waals surface area (Å²) in [5.74, 6) is 0.369. The first-order chi connectivity index (χ1) is 14.1. The summed E-state index contributed by atoms with van der Waals surface area (Å²) in [4.78, 5) is 15.8. The standard InChI is InChI=1S/C22H27N3O4/c1-17(9-12-27-10-6-11-28-16-19-7-4-3-5-8-19)29-22-13-20-14-24-25(18(2)26)21(20)15-23-22/h3-5,7-8,13-15,17H,6,9-12,16H2,1-2H3. The van der Waals surface area contributed by atoms with Crippen LogP contribution >= 0.6 is 0 Å². The smallest absolute Gasteiger partial charge is 0.244 e. The third-order valence-corrected chi connectivity index (χ3v) is 4.41. The fourth-order valence-corrected chi connectivity index (χ4v) is 2.87. The summed E-state index contributed by atoms with van der Waals surface area (Å²) in [5, 5.41) is 4.89. The summed E-state index contributed by atoms with van der Waals surface area (Å²) in [6.07, 6.45) is 4.84. The van der Waals surface area contributed by atoms with E-state index in [1.807, 2.05) is 25.1 Å². The minimum absolute atomic E-state index is 0.0304. The number of nitrogens with zero attached hydrogens (tertiary/aromatic N) is 3. The summed E-state index contributed by atoms with van der Waals surface area (Å²) in [6.45, 7) is 6.04. The van der Waals surface area contributed by atoms with Gasteiger partial charge in [-0.3, -0.25) is 4.79 Å². The zero-order valence-electron chi connectivity index (χ0n) is 16.9. The van der Waals surface area contributed by atoms with E-state index in [2.05, 4.69) is 22.2 Å². The average molecular weight is 397 g/mol. The molecule has 3 rings (SSSR count). The van der Waals surface area contributed by atoms with Crippen molar-refractivity contribution >= 4 is 16.8 Å². The Morgan fingerprint density at radius 2 is 1.90 bits per heavy atom. The molecule has 29 heavy (non-hydrogen) atoms. The Morgan fingerprint density at radius 3 is 2.69 bits per heavy atom. The number of rotatable bonds is 11. The fraction of sp³-hybridized carbons (Fsp3) is 0.409. The molecule has 0 aliphatic heterocycles. The van der Waals surface area contributed by atoms with Crippen LogP contribution in [0.3, 0.4) is 0 Å². The van der Waals surface area contributed by atoms with Gasteiger partial charge in [0.1, 0.15) is 0 Å². The summed E-state index contributed by atoms with van der Waals surface area (Å²) in [6, 6.07) is 11.9. The van der Waals surface area contributed by atoms with Crippen LogP contribution < -0.4 is 4.74 Å². The van der Waals surface area contributed by atoms with Gasteiger partial charge < -0.3 is 14.2 Å². The molecule has 1 atom stereocenters. The molecule has 0 spiro atoms. The van der Waals surface area contributed by atoms with E-state index in [1.54, 1.807) is 18.5 Å². The van der Waals surface area contributed by atoms with Gasteiger partial charge in [-0.15, -0.1) is 0 Å². The largest absolute Gasteiger partial charge is 0.475 e. The molecule has 1 aromatic carbocycles. The molecule has 154 valence electrons. The van der Waals surface area contributed by atoms with Crippen molar-refractivity contribution in [3.8, 4) is 5.88 Å². The summed E-state index contributed by atoms with van der Waals surface area (Å²) in [5.41, 5.74) is 1.86. The Kier molecular flexibility index (Phi) is 7.72. The van der Waals surface area contributed by atoms with Crippen molar-refractivity contribution in [2.24, 2.45) is 0 Å². The van der Waals surface area contributed by atoms with E-state index in [4.69, 9.17) is 14.2 Å². The topological polar surface area (TPSA) is 75.5 Å². The number of ether oxygens (including phenoxy) is 3. The minimum atomic E-state index is -0.147. The molecule has 0 aliphatic rings. The van der Waals surface area contributed by atoms with Gasteiger partial charge >= 0.3 is 0 Å². The summed E-state index contributed by atoms with van der Waals surface area (Å²) < 4.78 is 18.5. The predicted octanol–water partition coefficient (Wildman–Crippen LogP) is 3.87. The van der Waals surface area contributed by atoms with E-state index in [1.165, 1.54) is 17.2 Å². The molecular formula is C22H27N3O4. The highest BCUT2D eigenvalue weighted by Gasteiger charge is 2.10. The Bertz CT molecular complexity index is 911. The van der Waals surface area contributed by atoms with Gasteiger partial charge in [-0.1, -0.05) is 30.3 Å². The lowest BCUT2D eigenvalue weighted by Crippen LogP contribution is -2.16. The van der Waals surface area contributed by atoms with Crippen molar-refractivity contribution < 1.29 is 19.0 Å². The van der Waals surface area contributed by atoms with E-state index >= 15 is 0 Å². The van der Waals surface area contributed by atoms with Crippen molar-refractivity contribution in [3.05, 3.63) is 54.4 Å². The Morgan fingerprint density at radius 1 is 1.10 bits per heavy atom. The SMILES string of the molecule is CC(=O)n1ncc2cc(OC(C)CCOCCCOCc3ccccc3)ncc21. The molecule has 0 radical (unpaired) electrons. The molecule has 0 saturated carbocycles. The van der Waals surface area contributed by atoms with Gasteiger partial charge in [0.25, 0.3) is 0 Å². The molecule has 7 nitrogen and oxygen atoms in total. The first-order valence-corrected chi connectivity index (χ1v) is 9.84. The van der Waals surface area contributed by atoms with Crippen LogP contribution in [-0.4, -0.2) is 46.6 Å². The first kappa shape index (κ1) is 21.0. The molecule has 0 amide bonds. The van der Waals surface area contributed by atoms with Crippen LogP contribution in [0.4, 0.5) is 0 Å². The third kappa shape index (κ3) is 6.37. The van der Waals surface area contributed by atoms with Crippen LogP contribution in [0, 0.1) is 0 Å². The highest BCUT2D eigenvalue weighted by Crippen LogP contribution is 2.19. The van der Waals surface area contributed by atoms with Gasteiger partial charge in [0.15, 0.2) is 0 Å². The Hall–Kier alpha value is -2.77. The number of pyridine rings is 1. The monoisotopic (exact) mass is 397 g/mol. The quantitative estimate of drug-likeness (QED) is 0.457. The second-order valence-corrected chi connectivity index (χ2v) is 6.88. The van der Waals surface area contributed by atoms with Crippen LogP contribution in [0.1, 0.15) is 37.0 Å². The maximum absolute atomic E-state index is 11.5. The van der Waals surface area contributed by atoms with E-state index in [0.29, 0.717) is 37.8 Å². The van der Waals surface area contributed by atoms with E-state index in [0.717, 1.165) is 18.2 Å². The minimum Gasteiger partial charge on any atom is -0.475 e. The third-order valence-electron chi connectivity index (χ3n) is 4.41. The maximum Gasteiger partial charge on any atom is 0.244 e. The fourth-order valence-electron chi connectivity index (χ4n) is 2.87. The molecule has 2 heterocycles. The van der Waals surface area contributed by atoms with Crippen molar-refractivity contribution in [1.82, 2.24) is 14.8 Å². The van der Waals surface area contributed by atoms with Gasteiger partial charge in [0, 0.05) is 38.0 Å². The van der Waals surface area contributed by atoms with Crippen LogP contribution in [0.5, 0.6) is 5.88 Å². The number of carbonyl (C=O) groups is 1. The summed E-state index contributed by atoms with van der Waals surface area (Å²) >= 11 is 0. The predicted molar refractivity (Wildman–Crippen MR) is 110 cm³/mol. The maximum atomic E-state index is 11.5. The molecule has 0 bridgehead atoms.